The molecule has 1 saturated heterocycles. The monoisotopic (exact) mass is 294 g/mol. The maximum absolute atomic E-state index is 5.40. The van der Waals surface area contributed by atoms with Gasteiger partial charge >= 0.3 is 0 Å². The van der Waals surface area contributed by atoms with Gasteiger partial charge in [0.2, 0.25) is 0 Å². The molecule has 0 unspecified atom stereocenters. The summed E-state index contributed by atoms with van der Waals surface area (Å²) in [7, 11) is 1.69. The number of hydrogen-bond acceptors (Lipinski definition) is 4. The van der Waals surface area contributed by atoms with Gasteiger partial charge in [-0.3, -0.25) is 0 Å². The Hall–Kier alpha value is -2.56. The van der Waals surface area contributed by atoms with Gasteiger partial charge in [0.15, 0.2) is 11.6 Å². The van der Waals surface area contributed by atoms with E-state index in [4.69, 9.17) is 4.74 Å². The Bertz CT molecular complexity index is 820. The molecule has 0 spiro atoms. The zero-order chi connectivity index (χ0) is 15.1. The number of aromatic nitrogens is 3. The molecule has 1 aliphatic heterocycles. The van der Waals surface area contributed by atoms with Gasteiger partial charge in [0, 0.05) is 19.3 Å². The maximum atomic E-state index is 5.40. The number of anilines is 1. The van der Waals surface area contributed by atoms with E-state index in [1.54, 1.807) is 7.11 Å². The highest BCUT2D eigenvalue weighted by molar-refractivity contribution is 5.76. The largest absolute Gasteiger partial charge is 0.493 e. The molecule has 2 aromatic heterocycles. The zero-order valence-electron chi connectivity index (χ0n) is 12.7. The number of aryl methyl sites for hydroxylation is 1. The second kappa shape index (κ2) is 5.02. The number of pyridine rings is 1. The van der Waals surface area contributed by atoms with Gasteiger partial charge in [-0.25, -0.2) is 9.97 Å². The number of hydrogen-bond donors (Lipinski definition) is 0. The van der Waals surface area contributed by atoms with Gasteiger partial charge in [0.25, 0.3) is 0 Å². The summed E-state index contributed by atoms with van der Waals surface area (Å²) in [6.45, 7) is 3.92. The molecule has 22 heavy (non-hydrogen) atoms. The summed E-state index contributed by atoms with van der Waals surface area (Å²) in [6, 6.07) is 12.6. The molecule has 0 N–H and O–H groups in total. The maximum Gasteiger partial charge on any atom is 0.171 e. The zero-order valence-corrected chi connectivity index (χ0v) is 12.7. The van der Waals surface area contributed by atoms with Crippen LogP contribution in [0, 0.1) is 6.92 Å². The van der Waals surface area contributed by atoms with Crippen molar-refractivity contribution < 1.29 is 4.74 Å². The van der Waals surface area contributed by atoms with E-state index in [-0.39, 0.29) is 0 Å². The number of fused-ring (bicyclic) bond motifs is 1. The van der Waals surface area contributed by atoms with Gasteiger partial charge in [0.1, 0.15) is 5.82 Å². The normalized spacial score (nSPS) is 15.1. The molecule has 0 aliphatic carbocycles. The fourth-order valence-electron chi connectivity index (χ4n) is 3.20. The van der Waals surface area contributed by atoms with Crippen LogP contribution in [0.2, 0.25) is 0 Å². The molecule has 1 fully saturated rings. The Morgan fingerprint density at radius 1 is 1.14 bits per heavy atom. The van der Waals surface area contributed by atoms with Crippen LogP contribution in [-0.4, -0.2) is 34.7 Å². The lowest BCUT2D eigenvalue weighted by atomic mass is 10.1. The molecule has 0 amide bonds. The number of nitrogens with zero attached hydrogens (tertiary/aromatic N) is 4. The van der Waals surface area contributed by atoms with E-state index < -0.39 is 0 Å². The van der Waals surface area contributed by atoms with E-state index in [2.05, 4.69) is 44.6 Å². The van der Waals surface area contributed by atoms with Crippen molar-refractivity contribution in [1.29, 1.82) is 0 Å². The third-order valence-corrected chi connectivity index (χ3v) is 4.27. The van der Waals surface area contributed by atoms with Gasteiger partial charge in [-0.15, -0.1) is 0 Å². The van der Waals surface area contributed by atoms with Gasteiger partial charge in [0.05, 0.1) is 24.2 Å². The molecule has 3 aromatic rings. The van der Waals surface area contributed by atoms with Crippen molar-refractivity contribution in [2.45, 2.75) is 13.0 Å². The van der Waals surface area contributed by atoms with Crippen LogP contribution < -0.4 is 9.64 Å². The molecule has 1 aliphatic rings. The minimum absolute atomic E-state index is 0.430. The highest BCUT2D eigenvalue weighted by Gasteiger charge is 2.32. The summed E-state index contributed by atoms with van der Waals surface area (Å²) < 4.78 is 7.73. The van der Waals surface area contributed by atoms with Crippen molar-refractivity contribution >= 4 is 16.9 Å². The first-order chi connectivity index (χ1) is 10.8. The van der Waals surface area contributed by atoms with Crippen LogP contribution in [0.5, 0.6) is 5.75 Å². The molecule has 0 atom stereocenters. The molecule has 3 heterocycles. The lowest BCUT2D eigenvalue weighted by Crippen LogP contribution is -2.48. The fraction of sp³-hybridized carbons (Fsp3) is 0.294. The van der Waals surface area contributed by atoms with E-state index in [1.165, 1.54) is 5.52 Å². The van der Waals surface area contributed by atoms with Crippen LogP contribution in [0.25, 0.3) is 11.0 Å². The Labute approximate surface area is 129 Å². The molecule has 5 heteroatoms. The van der Waals surface area contributed by atoms with Crippen molar-refractivity contribution in [3.63, 3.8) is 0 Å². The van der Waals surface area contributed by atoms with Crippen LogP contribution in [0.15, 0.2) is 42.6 Å². The number of rotatable bonds is 3. The van der Waals surface area contributed by atoms with Crippen LogP contribution >= 0.6 is 0 Å². The molecule has 112 valence electrons. The SMILES string of the molecule is COc1cccnc1N1CC(n2c(C)nc3ccccc32)C1. The third-order valence-electron chi connectivity index (χ3n) is 4.27. The van der Waals surface area contributed by atoms with Gasteiger partial charge < -0.3 is 14.2 Å². The summed E-state index contributed by atoms with van der Waals surface area (Å²) in [5.41, 5.74) is 2.27. The Balaban J connectivity index is 1.61. The van der Waals surface area contributed by atoms with Crippen molar-refractivity contribution in [2.75, 3.05) is 25.1 Å². The number of methoxy groups -OCH3 is 1. The van der Waals surface area contributed by atoms with Crippen LogP contribution in [0.1, 0.15) is 11.9 Å². The van der Waals surface area contributed by atoms with Crippen LogP contribution in [0.4, 0.5) is 5.82 Å². The van der Waals surface area contributed by atoms with Crippen molar-refractivity contribution in [2.24, 2.45) is 0 Å². The van der Waals surface area contributed by atoms with Gasteiger partial charge in [-0.1, -0.05) is 12.1 Å². The van der Waals surface area contributed by atoms with Crippen molar-refractivity contribution in [3.05, 3.63) is 48.4 Å². The average molecular weight is 294 g/mol. The second-order valence-electron chi connectivity index (χ2n) is 5.61. The second-order valence-corrected chi connectivity index (χ2v) is 5.61. The Morgan fingerprint density at radius 2 is 1.95 bits per heavy atom. The molecule has 0 bridgehead atoms. The first-order valence-corrected chi connectivity index (χ1v) is 7.45. The van der Waals surface area contributed by atoms with Crippen LogP contribution in [-0.2, 0) is 0 Å². The van der Waals surface area contributed by atoms with E-state index in [0.29, 0.717) is 6.04 Å². The standard InChI is InChI=1S/C17H18N4O/c1-12-19-14-6-3-4-7-15(14)21(12)13-10-20(11-13)17-16(22-2)8-5-9-18-17/h3-9,13H,10-11H2,1-2H3. The number of ether oxygens (including phenoxy) is 1. The quantitative estimate of drug-likeness (QED) is 0.745. The number of imidazole rings is 1. The third kappa shape index (κ3) is 1.93. The predicted molar refractivity (Wildman–Crippen MR) is 86.5 cm³/mol. The number of benzene rings is 1. The summed E-state index contributed by atoms with van der Waals surface area (Å²) >= 11 is 0. The minimum atomic E-state index is 0.430. The summed E-state index contributed by atoms with van der Waals surface area (Å²) in [6.07, 6.45) is 1.81. The molecule has 1 aromatic carbocycles. The highest BCUT2D eigenvalue weighted by atomic mass is 16.5. The lowest BCUT2D eigenvalue weighted by molar-refractivity contribution is 0.379. The lowest BCUT2D eigenvalue weighted by Gasteiger charge is -2.41. The molecule has 5 nitrogen and oxygen atoms in total. The van der Waals surface area contributed by atoms with Gasteiger partial charge in [-0.2, -0.15) is 0 Å². The first kappa shape index (κ1) is 13.1. The van der Waals surface area contributed by atoms with Crippen molar-refractivity contribution in [3.8, 4) is 5.75 Å². The molecule has 4 rings (SSSR count). The van der Waals surface area contributed by atoms with E-state index >= 15 is 0 Å². The Morgan fingerprint density at radius 3 is 2.77 bits per heavy atom. The van der Waals surface area contributed by atoms with Crippen LogP contribution in [0.3, 0.4) is 0 Å². The summed E-state index contributed by atoms with van der Waals surface area (Å²) in [4.78, 5) is 11.3. The average Bonchev–Trinajstić information content (AvgIpc) is 2.83. The van der Waals surface area contributed by atoms with E-state index in [9.17, 15) is 0 Å². The summed E-state index contributed by atoms with van der Waals surface area (Å²) in [5.74, 6) is 2.82. The summed E-state index contributed by atoms with van der Waals surface area (Å²) in [5, 5.41) is 0. The van der Waals surface area contributed by atoms with E-state index in [0.717, 1.165) is 36.0 Å². The highest BCUT2D eigenvalue weighted by Crippen LogP contribution is 2.34. The Kier molecular flexibility index (Phi) is 2.99. The van der Waals surface area contributed by atoms with Gasteiger partial charge in [-0.05, 0) is 31.2 Å². The minimum Gasteiger partial charge on any atom is -0.493 e. The fourth-order valence-corrected chi connectivity index (χ4v) is 3.20. The molecule has 0 radical (unpaired) electrons. The van der Waals surface area contributed by atoms with E-state index in [1.807, 2.05) is 24.4 Å². The molecular weight excluding hydrogens is 276 g/mol. The number of para-hydroxylation sites is 2. The topological polar surface area (TPSA) is 43.2 Å². The smallest absolute Gasteiger partial charge is 0.171 e. The van der Waals surface area contributed by atoms with Crippen molar-refractivity contribution in [1.82, 2.24) is 14.5 Å². The predicted octanol–water partition coefficient (Wildman–Crippen LogP) is 2.81. The first-order valence-electron chi connectivity index (χ1n) is 7.45. The molecular formula is C17H18N4O. The molecule has 0 saturated carbocycles.